The van der Waals surface area contributed by atoms with Gasteiger partial charge in [0.1, 0.15) is 28.3 Å². The number of carbonyl (C=O) groups is 1. The third kappa shape index (κ3) is 4.85. The molecule has 0 saturated heterocycles. The van der Waals surface area contributed by atoms with Crippen LogP contribution in [0, 0.1) is 10.4 Å². The predicted molar refractivity (Wildman–Crippen MR) is 167 cm³/mol. The van der Waals surface area contributed by atoms with E-state index in [1.165, 1.54) is 36.4 Å². The van der Waals surface area contributed by atoms with Gasteiger partial charge in [0.05, 0.1) is 16.8 Å². The third-order valence-corrected chi connectivity index (χ3v) is 8.35. The average Bonchev–Trinajstić information content (AvgIpc) is 3.54. The lowest BCUT2D eigenvalue weighted by atomic mass is 9.95. The van der Waals surface area contributed by atoms with Crippen molar-refractivity contribution in [2.24, 2.45) is 4.99 Å². The maximum atomic E-state index is 14.5. The summed E-state index contributed by atoms with van der Waals surface area (Å²) >= 11 is 0. The molecule has 0 aromatic heterocycles. The number of para-hydroxylation sites is 1. The number of phenolic OH excluding ortho intramolecular Hbond substituents is 4. The quantitative estimate of drug-likeness (QED) is 0.164. The Kier molecular flexibility index (Phi) is 6.69. The molecule has 0 bridgehead atoms. The number of phenols is 4. The fourth-order valence-corrected chi connectivity index (χ4v) is 6.35. The first-order valence-corrected chi connectivity index (χ1v) is 15.4. The van der Waals surface area contributed by atoms with Crippen LogP contribution < -0.4 is 19.7 Å². The zero-order valence-corrected chi connectivity index (χ0v) is 24.6. The Bertz CT molecular complexity index is 2410. The second-order valence-corrected chi connectivity index (χ2v) is 11.8. The van der Waals surface area contributed by atoms with Gasteiger partial charge in [-0.15, -0.1) is 0 Å². The van der Waals surface area contributed by atoms with Gasteiger partial charge < -0.3 is 29.5 Å². The summed E-state index contributed by atoms with van der Waals surface area (Å²) < 4.78 is 37.6. The van der Waals surface area contributed by atoms with Crippen LogP contribution in [-0.2, 0) is 21.6 Å². The summed E-state index contributed by atoms with van der Waals surface area (Å²) in [6, 6.07) is 23.2. The zero-order chi connectivity index (χ0) is 32.3. The van der Waals surface area contributed by atoms with Crippen LogP contribution in [0.25, 0.3) is 16.7 Å². The normalized spacial score (nSPS) is 13.3. The Morgan fingerprint density at radius 2 is 1.33 bits per heavy atom. The lowest BCUT2D eigenvalue weighted by molar-refractivity contribution is -0.113. The molecule has 0 radical (unpaired) electrons. The first-order chi connectivity index (χ1) is 22.0. The van der Waals surface area contributed by atoms with Gasteiger partial charge in [0, 0.05) is 22.2 Å². The second kappa shape index (κ2) is 10.6. The maximum Gasteiger partial charge on any atom is 0.446 e. The number of nitrogens with zero attached hydrogens (tertiary/aromatic N) is 2. The highest BCUT2D eigenvalue weighted by molar-refractivity contribution is 7.81. The van der Waals surface area contributed by atoms with E-state index in [0.717, 1.165) is 5.56 Å². The van der Waals surface area contributed by atoms with Gasteiger partial charge in [0.2, 0.25) is 0 Å². The van der Waals surface area contributed by atoms with E-state index in [4.69, 9.17) is 4.18 Å². The van der Waals surface area contributed by atoms with Crippen molar-refractivity contribution in [1.29, 1.82) is 0 Å². The van der Waals surface area contributed by atoms with Gasteiger partial charge in [0.25, 0.3) is 5.91 Å². The number of carbonyl (C=O) groups excluding carboxylic acids is 1. The van der Waals surface area contributed by atoms with Crippen molar-refractivity contribution >= 4 is 33.3 Å². The van der Waals surface area contributed by atoms with E-state index >= 15 is 0 Å². The summed E-state index contributed by atoms with van der Waals surface area (Å²) in [6.07, 6.45) is 0.383. The smallest absolute Gasteiger partial charge is 0.446 e. The Hall–Kier alpha value is -5.85. The van der Waals surface area contributed by atoms with Crippen molar-refractivity contribution in [2.75, 3.05) is 11.4 Å². The molecule has 0 aliphatic carbocycles. The van der Waals surface area contributed by atoms with Crippen LogP contribution in [0.2, 0.25) is 0 Å². The van der Waals surface area contributed by atoms with E-state index < -0.39 is 16.3 Å². The van der Waals surface area contributed by atoms with E-state index in [9.17, 15) is 38.2 Å². The predicted octanol–water partition coefficient (Wildman–Crippen LogP) is 3.70. The second-order valence-electron chi connectivity index (χ2n) is 10.8. The molecule has 2 aliphatic rings. The van der Waals surface area contributed by atoms with Crippen LogP contribution in [0.15, 0.2) is 96.0 Å². The van der Waals surface area contributed by atoms with Crippen molar-refractivity contribution in [2.45, 2.75) is 6.42 Å². The minimum Gasteiger partial charge on any atom is -0.508 e. The molecule has 2 heterocycles. The van der Waals surface area contributed by atoms with Crippen molar-refractivity contribution in [3.05, 3.63) is 123 Å². The Labute approximate surface area is 261 Å². The number of amides is 1. The fourth-order valence-electron chi connectivity index (χ4n) is 5.98. The van der Waals surface area contributed by atoms with Crippen LogP contribution in [0.4, 0.5) is 11.4 Å². The Balaban J connectivity index is 1.62. The number of benzene rings is 5. The lowest BCUT2D eigenvalue weighted by Gasteiger charge is -2.23. The molecule has 0 spiro atoms. The number of hydrogen-bond donors (Lipinski definition) is 5. The molecular weight excluding hydrogens is 612 g/mol. The fraction of sp³-hybridized carbons (Fsp3) is 0.0588. The number of anilines is 1. The van der Waals surface area contributed by atoms with Crippen LogP contribution in [0.5, 0.6) is 28.7 Å². The van der Waals surface area contributed by atoms with E-state index in [-0.39, 0.29) is 57.5 Å². The number of aromatic hydroxyl groups is 4. The molecule has 5 N–H and O–H groups in total. The molecule has 12 heteroatoms. The molecule has 0 fully saturated rings. The summed E-state index contributed by atoms with van der Waals surface area (Å²) in [5.74, 6) is -0.901. The zero-order valence-electron chi connectivity index (χ0n) is 23.7. The summed E-state index contributed by atoms with van der Waals surface area (Å²) in [7, 11) is -4.93. The third-order valence-electron chi connectivity index (χ3n) is 7.96. The highest BCUT2D eigenvalue weighted by Gasteiger charge is 2.37. The van der Waals surface area contributed by atoms with Crippen molar-refractivity contribution in [1.82, 2.24) is 0 Å². The SMILES string of the molecule is O=C1C(c2ccc(O)cc2)=c2c(c(-c3ccc(O)cc3)c(O)c3c2=c2cccc(OS(=O)(=O)O)c2=N3)N1CCc1ccc(O)cc1. The first-order valence-electron chi connectivity index (χ1n) is 14.0. The topological polar surface area (TPSA) is 177 Å². The van der Waals surface area contributed by atoms with Gasteiger partial charge in [-0.25, -0.2) is 4.99 Å². The average molecular weight is 637 g/mol. The standard InChI is InChI=1S/C34H24N2O9S/c37-21-10-4-18(5-11-21)16-17-36-32-27(20-8-14-23(39)15-9-20)33(40)31-28(24-2-1-3-25(30(24)35-31)45-46(42,43)44)29(32)26(34(36)41)19-6-12-22(38)13-7-19/h1-15,37-40H,16-17H2,(H,42,43,44). The minimum absolute atomic E-state index is 0.00716. The molecule has 46 heavy (non-hydrogen) atoms. The highest BCUT2D eigenvalue weighted by atomic mass is 32.3. The molecule has 0 saturated carbocycles. The van der Waals surface area contributed by atoms with Crippen LogP contribution in [0.1, 0.15) is 11.1 Å². The van der Waals surface area contributed by atoms with Gasteiger partial charge in [-0.05, 0) is 65.6 Å². The number of fused-ring (bicyclic) bond motifs is 4. The van der Waals surface area contributed by atoms with Crippen molar-refractivity contribution in [3.8, 4) is 39.9 Å². The van der Waals surface area contributed by atoms with E-state index in [1.807, 2.05) is 0 Å². The van der Waals surface area contributed by atoms with Crippen LogP contribution in [-0.4, -0.2) is 45.8 Å². The molecule has 1 amide bonds. The Morgan fingerprint density at radius 3 is 1.93 bits per heavy atom. The largest absolute Gasteiger partial charge is 0.508 e. The molecule has 5 aromatic carbocycles. The van der Waals surface area contributed by atoms with Crippen LogP contribution >= 0.6 is 0 Å². The molecule has 5 aromatic rings. The summed E-state index contributed by atoms with van der Waals surface area (Å²) in [4.78, 5) is 20.6. The molecule has 230 valence electrons. The minimum atomic E-state index is -4.93. The molecule has 0 atom stereocenters. The number of rotatable bonds is 7. The van der Waals surface area contributed by atoms with Gasteiger partial charge in [-0.3, -0.25) is 9.35 Å². The van der Waals surface area contributed by atoms with Crippen molar-refractivity contribution in [3.63, 3.8) is 0 Å². The maximum absolute atomic E-state index is 14.5. The molecular formula is C34H24N2O9S. The van der Waals surface area contributed by atoms with E-state index in [2.05, 4.69) is 4.99 Å². The Morgan fingerprint density at radius 1 is 0.739 bits per heavy atom. The lowest BCUT2D eigenvalue weighted by Crippen LogP contribution is -2.31. The van der Waals surface area contributed by atoms with E-state index in [0.29, 0.717) is 38.9 Å². The molecule has 11 nitrogen and oxygen atoms in total. The van der Waals surface area contributed by atoms with Crippen LogP contribution in [0.3, 0.4) is 0 Å². The van der Waals surface area contributed by atoms with Gasteiger partial charge in [-0.2, -0.15) is 8.42 Å². The first kappa shape index (κ1) is 28.9. The number of hydrogen-bond acceptors (Lipinski definition) is 9. The molecule has 0 unspecified atom stereocenters. The summed E-state index contributed by atoms with van der Waals surface area (Å²) in [5.41, 5.74) is 2.68. The van der Waals surface area contributed by atoms with Gasteiger partial charge in [-0.1, -0.05) is 48.5 Å². The van der Waals surface area contributed by atoms with Gasteiger partial charge >= 0.3 is 10.4 Å². The summed E-state index contributed by atoms with van der Waals surface area (Å²) in [5, 5.41) is 42.9. The summed E-state index contributed by atoms with van der Waals surface area (Å²) in [6.45, 7) is 0.164. The highest BCUT2D eigenvalue weighted by Crippen LogP contribution is 2.46. The molecule has 2 aliphatic heterocycles. The van der Waals surface area contributed by atoms with Gasteiger partial charge in [0.15, 0.2) is 11.5 Å². The monoisotopic (exact) mass is 636 g/mol. The van der Waals surface area contributed by atoms with E-state index in [1.54, 1.807) is 59.5 Å². The van der Waals surface area contributed by atoms with Crippen molar-refractivity contribution < 1.29 is 42.4 Å². The molecule has 7 rings (SSSR count).